The summed E-state index contributed by atoms with van der Waals surface area (Å²) in [5.74, 6) is 3.80. The average molecular weight is 925 g/mol. The van der Waals surface area contributed by atoms with Gasteiger partial charge in [0.2, 0.25) is 0 Å². The molecule has 0 aromatic rings. The van der Waals surface area contributed by atoms with E-state index in [2.05, 4.69) is 27.7 Å². The third-order valence-corrected chi connectivity index (χ3v) is 23.7. The number of carbonyl (C=O) groups is 2. The van der Waals surface area contributed by atoms with Gasteiger partial charge in [0.1, 0.15) is 11.3 Å². The average Bonchev–Trinajstić information content (AvgIpc) is 3.71. The van der Waals surface area contributed by atoms with Crippen LogP contribution in [0.25, 0.3) is 0 Å². The van der Waals surface area contributed by atoms with Crippen LogP contribution in [0.2, 0.25) is 0 Å². The Morgan fingerprint density at radius 1 is 0.500 bits per heavy atom. The fourth-order valence-electron chi connectivity index (χ4n) is 18.3. The molecule has 62 heavy (non-hydrogen) atoms. The first kappa shape index (κ1) is 54.2. The van der Waals surface area contributed by atoms with Crippen LogP contribution in [0.4, 0.5) is 0 Å². The van der Waals surface area contributed by atoms with Crippen LogP contribution in [0.1, 0.15) is 183 Å². The molecule has 0 radical (unpaired) electrons. The van der Waals surface area contributed by atoms with Crippen LogP contribution in [-0.2, 0) is 18.7 Å². The number of fused-ring (bicyclic) bond motifs is 10. The van der Waals surface area contributed by atoms with Crippen LogP contribution in [0.3, 0.4) is 0 Å². The maximum atomic E-state index is 11.7. The molecule has 0 aliphatic heterocycles. The van der Waals surface area contributed by atoms with E-state index in [1.165, 1.54) is 116 Å². The van der Waals surface area contributed by atoms with Crippen molar-refractivity contribution < 1.29 is 108 Å². The first-order chi connectivity index (χ1) is 28.0. The van der Waals surface area contributed by atoms with E-state index in [4.69, 9.17) is 0 Å². The van der Waals surface area contributed by atoms with Gasteiger partial charge in [-0.25, -0.2) is 0 Å². The van der Waals surface area contributed by atoms with Gasteiger partial charge in [0.05, 0.1) is 11.9 Å². The quantitative estimate of drug-likeness (QED) is 0.187. The molecule has 0 aromatic carbocycles. The van der Waals surface area contributed by atoms with Gasteiger partial charge in [-0.15, -0.1) is 0 Å². The van der Waals surface area contributed by atoms with Gasteiger partial charge in [-0.1, -0.05) is 67.2 Å². The van der Waals surface area contributed by atoms with Crippen LogP contribution in [-0.4, -0.2) is 42.8 Å². The molecule has 8 rings (SSSR count). The fraction of sp³-hybridized carbons (Fsp3) is 0.958. The van der Waals surface area contributed by atoms with Crippen molar-refractivity contribution in [1.29, 1.82) is 0 Å². The van der Waals surface area contributed by atoms with E-state index in [9.17, 15) is 48.5 Å². The van der Waals surface area contributed by atoms with Crippen molar-refractivity contribution in [2.45, 2.75) is 194 Å². The van der Waals surface area contributed by atoms with Crippen molar-refractivity contribution in [3.05, 3.63) is 0 Å². The van der Waals surface area contributed by atoms with E-state index in [-0.39, 0.29) is 94.6 Å². The molecule has 8 fully saturated rings. The summed E-state index contributed by atoms with van der Waals surface area (Å²) in [7, 11) is -9.39. The first-order valence-electron chi connectivity index (χ1n) is 24.5. The Balaban J connectivity index is 0.000000227. The second-order valence-corrected chi connectivity index (χ2v) is 27.1. The third kappa shape index (κ3) is 9.98. The van der Waals surface area contributed by atoms with Crippen LogP contribution in [0.15, 0.2) is 0 Å². The van der Waals surface area contributed by atoms with Gasteiger partial charge >= 0.3 is 74.3 Å². The molecule has 0 bridgehead atoms. The van der Waals surface area contributed by atoms with E-state index in [1.807, 2.05) is 13.8 Å². The Bertz CT molecular complexity index is 1570. The maximum absolute atomic E-state index is 11.7. The SMILES string of the molecule is C[C@H](CC(C(=O)[O-])P(=O)(O)O)[C@H]1CC[C@H]2[C@@H]3CCC4CCCC[C@]4(C)[C@H]3CC[C@]12C.C[C@H](CC(C(=O)[O-])P(=O)(O)O)[C@H]1CC[C@H]2[C@@H]3CCC4CCCC[C@]4(C)[C@H]3CC[C@]12C.[Na+].[Na+]. The zero-order chi connectivity index (χ0) is 43.8. The molecule has 8 aliphatic carbocycles. The Morgan fingerprint density at radius 2 is 0.839 bits per heavy atom. The van der Waals surface area contributed by atoms with Gasteiger partial charge in [-0.2, -0.15) is 0 Å². The smallest absolute Gasteiger partial charge is 0.549 e. The van der Waals surface area contributed by atoms with Gasteiger partial charge in [0, 0.05) is 0 Å². The van der Waals surface area contributed by atoms with Crippen molar-refractivity contribution in [2.75, 3.05) is 0 Å². The predicted molar refractivity (Wildman–Crippen MR) is 229 cm³/mol. The summed E-state index contributed by atoms with van der Waals surface area (Å²) in [4.78, 5) is 60.9. The van der Waals surface area contributed by atoms with Crippen molar-refractivity contribution in [3.63, 3.8) is 0 Å². The van der Waals surface area contributed by atoms with E-state index in [0.29, 0.717) is 34.5 Å². The summed E-state index contributed by atoms with van der Waals surface area (Å²) in [5, 5.41) is 22.8. The Kier molecular flexibility index (Phi) is 17.7. The minimum absolute atomic E-state index is 0. The standard InChI is InChI=1S/2C24H41O5P.2Na/c2*1-15(14-21(22(25)26)30(27,28)29)18-9-10-19-17-8-7-16-6-4-5-12-23(16,2)20(17)11-13-24(18,19)3;;/h2*15-21H,4-14H2,1-3H3,(H,25,26)(H2,27,28,29);;/q;;2*+1/p-2/t2*15-,16?,17+,18-,19+,20+,21?,23+,24-;;/m11../s1. The van der Waals surface area contributed by atoms with Crippen LogP contribution >= 0.6 is 15.2 Å². The van der Waals surface area contributed by atoms with E-state index >= 15 is 0 Å². The molecule has 0 aromatic heterocycles. The normalized spacial score (nSPS) is 44.2. The predicted octanol–water partition coefficient (Wildman–Crippen LogP) is 2.72. The minimum Gasteiger partial charge on any atom is -0.549 e. The molecule has 8 aliphatic rings. The molecule has 8 saturated carbocycles. The number of carboxylic acid groups (broad SMARTS) is 2. The summed E-state index contributed by atoms with van der Waals surface area (Å²) < 4.78 is 23.4. The molecular weight excluding hydrogens is 844 g/mol. The zero-order valence-corrected chi connectivity index (χ0v) is 45.6. The minimum atomic E-state index is -4.70. The van der Waals surface area contributed by atoms with E-state index in [1.54, 1.807) is 0 Å². The number of rotatable bonds is 10. The second-order valence-electron chi connectivity index (χ2n) is 23.5. The molecule has 0 spiro atoms. The van der Waals surface area contributed by atoms with Crippen LogP contribution < -0.4 is 69.3 Å². The Hall–Kier alpha value is 1.24. The molecule has 0 amide bonds. The zero-order valence-electron chi connectivity index (χ0n) is 39.8. The van der Waals surface area contributed by atoms with Gasteiger partial charge in [-0.3, -0.25) is 9.13 Å². The summed E-state index contributed by atoms with van der Waals surface area (Å²) in [6, 6.07) is 0. The van der Waals surface area contributed by atoms with Crippen LogP contribution in [0.5, 0.6) is 0 Å². The Morgan fingerprint density at radius 3 is 1.16 bits per heavy atom. The molecule has 4 unspecified atom stereocenters. The fourth-order valence-corrected chi connectivity index (χ4v) is 20.1. The molecule has 18 atom stereocenters. The topological polar surface area (TPSA) is 195 Å². The largest absolute Gasteiger partial charge is 1.00 e. The summed E-state index contributed by atoms with van der Waals surface area (Å²) in [6.07, 6.45) is 26.1. The summed E-state index contributed by atoms with van der Waals surface area (Å²) in [5.41, 5.74) is -2.00. The second kappa shape index (κ2) is 20.3. The summed E-state index contributed by atoms with van der Waals surface area (Å²) in [6.45, 7) is 14.0. The third-order valence-electron chi connectivity index (χ3n) is 21.2. The van der Waals surface area contributed by atoms with E-state index < -0.39 is 38.4 Å². The molecular formula is C48H80Na2O10P2. The van der Waals surface area contributed by atoms with Crippen LogP contribution in [0, 0.1) is 92.7 Å². The molecule has 344 valence electrons. The number of carboxylic acids is 2. The molecule has 0 heterocycles. The number of hydrogen-bond acceptors (Lipinski definition) is 6. The monoisotopic (exact) mass is 925 g/mol. The number of aliphatic carboxylic acids is 2. The number of carbonyl (C=O) groups excluding carboxylic acids is 2. The number of hydrogen-bond donors (Lipinski definition) is 4. The molecule has 4 N–H and O–H groups in total. The van der Waals surface area contributed by atoms with Gasteiger partial charge in [-0.05, 0) is 208 Å². The van der Waals surface area contributed by atoms with Crippen molar-refractivity contribution >= 4 is 27.1 Å². The van der Waals surface area contributed by atoms with Gasteiger partial charge < -0.3 is 39.4 Å². The first-order valence-corrected chi connectivity index (χ1v) is 27.8. The molecule has 10 nitrogen and oxygen atoms in total. The van der Waals surface area contributed by atoms with Gasteiger partial charge in [0.15, 0.2) is 0 Å². The Labute approximate surface area is 418 Å². The maximum Gasteiger partial charge on any atom is 1.00 e. The van der Waals surface area contributed by atoms with E-state index in [0.717, 1.165) is 48.3 Å². The van der Waals surface area contributed by atoms with Crippen molar-refractivity contribution in [3.8, 4) is 0 Å². The summed E-state index contributed by atoms with van der Waals surface area (Å²) >= 11 is 0. The van der Waals surface area contributed by atoms with Crippen molar-refractivity contribution in [2.24, 2.45) is 92.7 Å². The van der Waals surface area contributed by atoms with Gasteiger partial charge in [0.25, 0.3) is 0 Å². The van der Waals surface area contributed by atoms with Crippen molar-refractivity contribution in [1.82, 2.24) is 0 Å². The molecule has 14 heteroatoms. The molecule has 0 saturated heterocycles.